The summed E-state index contributed by atoms with van der Waals surface area (Å²) in [5.41, 5.74) is 17.9. The van der Waals surface area contributed by atoms with Crippen LogP contribution in [0.3, 0.4) is 0 Å². The Hall–Kier alpha value is -6.71. The molecule has 97 heavy (non-hydrogen) atoms. The van der Waals surface area contributed by atoms with Crippen LogP contribution < -0.4 is 9.47 Å². The smallest absolute Gasteiger partial charge is 0.127 e. The molecule has 504 valence electrons. The minimum atomic E-state index is 0. The SMILES string of the molecule is Brc1cc[c-]c(-c2ccccn2)c1.Brc1cc[c-]c(-c2ccccn2)c1.CCCCCCCCOc1cc2c(cc1-c1cc[c-]c(-c3ccccn3)c1)sc1cc(-c3cc(-c4ccc(C(C)(C)C)cc4)cc(-c4ccc(C(C)(C)C)cc4)c3)c(OCCCCCCCC)cc12.[Ir].[Ir]. The van der Waals surface area contributed by atoms with Crippen molar-refractivity contribution in [1.29, 1.82) is 0 Å². The van der Waals surface area contributed by atoms with Gasteiger partial charge in [-0.15, -0.1) is 101 Å². The molecule has 0 saturated carbocycles. The first kappa shape index (κ1) is 76.1. The molecule has 2 radical (unpaired) electrons. The summed E-state index contributed by atoms with van der Waals surface area (Å²) in [6.45, 7) is 19.6. The molecule has 8 aromatic carbocycles. The zero-order chi connectivity index (χ0) is 66.6. The Bertz CT molecular complexity index is 4220. The van der Waals surface area contributed by atoms with Gasteiger partial charge in [0.2, 0.25) is 0 Å². The minimum Gasteiger partial charge on any atom is -0.493 e. The fourth-order valence-electron chi connectivity index (χ4n) is 11.6. The molecule has 0 amide bonds. The van der Waals surface area contributed by atoms with E-state index in [-0.39, 0.29) is 51.0 Å². The second-order valence-corrected chi connectivity index (χ2v) is 29.4. The van der Waals surface area contributed by atoms with Crippen LogP contribution in [-0.4, -0.2) is 28.2 Å². The maximum Gasteiger partial charge on any atom is 0.127 e. The fourth-order valence-corrected chi connectivity index (χ4v) is 13.5. The van der Waals surface area contributed by atoms with Crippen LogP contribution >= 0.6 is 43.2 Å². The zero-order valence-electron chi connectivity index (χ0n) is 57.2. The number of benzene rings is 8. The minimum absolute atomic E-state index is 0. The largest absolute Gasteiger partial charge is 0.493 e. The predicted octanol–water partition coefficient (Wildman–Crippen LogP) is 26.3. The number of hydrogen-bond acceptors (Lipinski definition) is 6. The van der Waals surface area contributed by atoms with Crippen molar-refractivity contribution in [2.24, 2.45) is 0 Å². The van der Waals surface area contributed by atoms with E-state index in [9.17, 15) is 0 Å². The molecule has 10 heteroatoms. The third-order valence-electron chi connectivity index (χ3n) is 17.1. The van der Waals surface area contributed by atoms with Gasteiger partial charge in [-0.2, -0.15) is 0 Å². The maximum absolute atomic E-state index is 6.98. The molecule has 12 aromatic rings. The molecular formula is C87H88Br2Ir2N3O2S-3. The topological polar surface area (TPSA) is 57.1 Å². The number of aromatic nitrogens is 3. The van der Waals surface area contributed by atoms with Gasteiger partial charge in [-0.1, -0.05) is 251 Å². The van der Waals surface area contributed by atoms with E-state index in [1.165, 1.54) is 118 Å². The van der Waals surface area contributed by atoms with Crippen molar-refractivity contribution in [3.05, 3.63) is 257 Å². The second kappa shape index (κ2) is 37.5. The van der Waals surface area contributed by atoms with Crippen LogP contribution in [-0.2, 0) is 51.0 Å². The quantitative estimate of drug-likeness (QED) is 0.0472. The monoisotopic (exact) mass is 1780 g/mol. The van der Waals surface area contributed by atoms with Crippen molar-refractivity contribution in [1.82, 2.24) is 15.0 Å². The molecule has 0 N–H and O–H groups in total. The number of fused-ring (bicyclic) bond motifs is 3. The van der Waals surface area contributed by atoms with E-state index in [1.807, 2.05) is 109 Å². The third kappa shape index (κ3) is 21.6. The van der Waals surface area contributed by atoms with Gasteiger partial charge in [0.1, 0.15) is 11.5 Å². The number of thiophene rings is 1. The van der Waals surface area contributed by atoms with Crippen molar-refractivity contribution in [3.8, 4) is 89.8 Å². The summed E-state index contributed by atoms with van der Waals surface area (Å²) in [5.74, 6) is 1.85. The van der Waals surface area contributed by atoms with Gasteiger partial charge in [-0.3, -0.25) is 0 Å². The average molecular weight is 1780 g/mol. The Morgan fingerprint density at radius 3 is 1.12 bits per heavy atom. The van der Waals surface area contributed by atoms with Crippen LogP contribution in [0, 0.1) is 18.2 Å². The molecule has 0 aliphatic carbocycles. The molecule has 4 heterocycles. The summed E-state index contributed by atoms with van der Waals surface area (Å²) in [6.07, 6.45) is 20.0. The van der Waals surface area contributed by atoms with Gasteiger partial charge in [0.05, 0.1) is 13.2 Å². The second-order valence-electron chi connectivity index (χ2n) is 26.5. The molecule has 0 aliphatic rings. The van der Waals surface area contributed by atoms with Crippen LogP contribution in [0.4, 0.5) is 0 Å². The number of unbranched alkanes of at least 4 members (excludes halogenated alkanes) is 10. The van der Waals surface area contributed by atoms with Gasteiger partial charge < -0.3 is 24.4 Å². The first-order valence-electron chi connectivity index (χ1n) is 33.9. The van der Waals surface area contributed by atoms with Crippen molar-refractivity contribution >= 4 is 63.4 Å². The van der Waals surface area contributed by atoms with Gasteiger partial charge >= 0.3 is 0 Å². The Morgan fingerprint density at radius 2 is 0.742 bits per heavy atom. The summed E-state index contributed by atoms with van der Waals surface area (Å²) in [4.78, 5) is 13.1. The molecule has 0 unspecified atom stereocenters. The van der Waals surface area contributed by atoms with Gasteiger partial charge in [-0.05, 0) is 140 Å². The summed E-state index contributed by atoms with van der Waals surface area (Å²) in [5, 5.41) is 2.41. The predicted molar refractivity (Wildman–Crippen MR) is 411 cm³/mol. The van der Waals surface area contributed by atoms with Crippen molar-refractivity contribution in [2.75, 3.05) is 13.2 Å². The van der Waals surface area contributed by atoms with E-state index >= 15 is 0 Å². The van der Waals surface area contributed by atoms with Crippen molar-refractivity contribution in [3.63, 3.8) is 0 Å². The Balaban J connectivity index is 0.000000352. The Labute approximate surface area is 625 Å². The third-order valence-corrected chi connectivity index (χ3v) is 19.2. The molecule has 4 aromatic heterocycles. The van der Waals surface area contributed by atoms with Gasteiger partial charge in [0.15, 0.2) is 0 Å². The van der Waals surface area contributed by atoms with Crippen LogP contribution in [0.2, 0.25) is 0 Å². The summed E-state index contributed by atoms with van der Waals surface area (Å²) < 4.78 is 18.4. The zero-order valence-corrected chi connectivity index (χ0v) is 66.0. The standard InChI is InChI=1S/C65H74NO2S.2C11H7BrN.2Ir/c1-9-11-13-15-17-21-36-67-60-42-57-58-43-61(68-37-22-18-16-14-12-10-2)56(45-63(58)69-62(57)44-55(60)48-24-23-25-49(38-48)59-26-19-20-35-66-59)52-40-50(46-27-31-53(32-28-46)64(3,4)5)39-51(41-52)47-29-33-54(34-30-47)65(6,7)8;2*12-10-5-3-4-9(8-10)11-6-1-2-7-13-11;;/h19-20,23-24,26-35,38-45H,9-18,21-22,36-37H2,1-8H3;2*1-3,5-8H;;/q3*-1;;. The summed E-state index contributed by atoms with van der Waals surface area (Å²) in [7, 11) is 0. The van der Waals surface area contributed by atoms with Crippen LogP contribution in [0.1, 0.15) is 144 Å². The molecule has 12 rings (SSSR count). The number of pyridine rings is 3. The van der Waals surface area contributed by atoms with Gasteiger partial charge in [0.25, 0.3) is 0 Å². The van der Waals surface area contributed by atoms with Crippen molar-refractivity contribution < 1.29 is 49.7 Å². The molecule has 0 atom stereocenters. The number of hydrogen-bond donors (Lipinski definition) is 0. The van der Waals surface area contributed by atoms with E-state index in [2.05, 4.69) is 230 Å². The first-order chi connectivity index (χ1) is 46.1. The summed E-state index contributed by atoms with van der Waals surface area (Å²) in [6, 6.07) is 80.4. The normalized spacial score (nSPS) is 11.2. The molecule has 0 spiro atoms. The first-order valence-corrected chi connectivity index (χ1v) is 36.3. The van der Waals surface area contributed by atoms with E-state index in [0.29, 0.717) is 13.2 Å². The van der Waals surface area contributed by atoms with E-state index in [1.54, 1.807) is 12.4 Å². The average Bonchev–Trinajstić information content (AvgIpc) is 1.52. The molecule has 0 aliphatic heterocycles. The van der Waals surface area contributed by atoms with Crippen LogP contribution in [0.25, 0.3) is 98.5 Å². The van der Waals surface area contributed by atoms with E-state index in [0.717, 1.165) is 89.3 Å². The molecule has 5 nitrogen and oxygen atoms in total. The fraction of sp³-hybridized carbons (Fsp3) is 0.276. The van der Waals surface area contributed by atoms with Gasteiger partial charge in [-0.25, -0.2) is 0 Å². The Morgan fingerprint density at radius 1 is 0.371 bits per heavy atom. The number of rotatable bonds is 23. The van der Waals surface area contributed by atoms with Crippen LogP contribution in [0.5, 0.6) is 11.5 Å². The molecular weight excluding hydrogens is 1700 g/mol. The molecule has 0 fully saturated rings. The van der Waals surface area contributed by atoms with E-state index in [4.69, 9.17) is 9.47 Å². The maximum atomic E-state index is 6.98. The van der Waals surface area contributed by atoms with Crippen molar-refractivity contribution in [2.45, 2.75) is 143 Å². The van der Waals surface area contributed by atoms with Crippen LogP contribution in [0.15, 0.2) is 228 Å². The van der Waals surface area contributed by atoms with E-state index < -0.39 is 0 Å². The van der Waals surface area contributed by atoms with Gasteiger partial charge in [0, 0.05) is 90.1 Å². The number of nitrogens with zero attached hydrogens (tertiary/aromatic N) is 3. The molecule has 0 bridgehead atoms. The number of ether oxygens (including phenoxy) is 2. The molecule has 0 saturated heterocycles. The summed E-state index contributed by atoms with van der Waals surface area (Å²) >= 11 is 8.68. The number of halogens is 2. The Kier molecular flexibility index (Phi) is 29.4.